The van der Waals surface area contributed by atoms with Crippen LogP contribution in [0.25, 0.3) is 39.4 Å². The third kappa shape index (κ3) is 2.80. The molecule has 0 saturated carbocycles. The van der Waals surface area contributed by atoms with Crippen molar-refractivity contribution in [2.75, 3.05) is 0 Å². The number of benzene rings is 3. The largest absolute Gasteiger partial charge is 0.275 e. The summed E-state index contributed by atoms with van der Waals surface area (Å²) in [5.74, 6) is 0.836. The fraction of sp³-hybridized carbons (Fsp3) is 0.0455. The lowest BCUT2D eigenvalue weighted by atomic mass is 10.1. The first-order valence-corrected chi connectivity index (χ1v) is 9.46. The molecule has 3 aromatic carbocycles. The minimum Gasteiger partial charge on any atom is -0.275 e. The molecule has 0 aliphatic heterocycles. The van der Waals surface area contributed by atoms with E-state index in [2.05, 4.69) is 63.8 Å². The minimum absolute atomic E-state index is 0.646. The summed E-state index contributed by atoms with van der Waals surface area (Å²) in [6.07, 6.45) is 0. The van der Waals surface area contributed by atoms with Crippen molar-refractivity contribution in [3.8, 4) is 17.1 Å². The maximum Gasteiger partial charge on any atom is 0.199 e. The van der Waals surface area contributed by atoms with E-state index in [1.54, 1.807) is 0 Å². The SMILES string of the molecule is Cc1ccc(-c2nc3nc4ccccc4nc3n2-c2ccc(Br)cc2)cc1. The van der Waals surface area contributed by atoms with Crippen molar-refractivity contribution in [1.29, 1.82) is 0 Å². The number of aryl methyl sites for hydroxylation is 1. The van der Waals surface area contributed by atoms with E-state index >= 15 is 0 Å². The smallest absolute Gasteiger partial charge is 0.199 e. The van der Waals surface area contributed by atoms with Crippen LogP contribution >= 0.6 is 15.9 Å². The Morgan fingerprint density at radius 2 is 1.41 bits per heavy atom. The Balaban J connectivity index is 1.86. The molecule has 4 nitrogen and oxygen atoms in total. The summed E-state index contributed by atoms with van der Waals surface area (Å²) in [7, 11) is 0. The van der Waals surface area contributed by atoms with Crippen LogP contribution in [0.2, 0.25) is 0 Å². The van der Waals surface area contributed by atoms with Crippen molar-refractivity contribution >= 4 is 38.3 Å². The van der Waals surface area contributed by atoms with E-state index in [1.807, 2.05) is 36.4 Å². The van der Waals surface area contributed by atoms with Crippen LogP contribution in [0, 0.1) is 6.92 Å². The van der Waals surface area contributed by atoms with E-state index in [-0.39, 0.29) is 0 Å². The summed E-state index contributed by atoms with van der Waals surface area (Å²) in [6, 6.07) is 24.4. The van der Waals surface area contributed by atoms with Crippen molar-refractivity contribution in [2.24, 2.45) is 0 Å². The third-order valence-electron chi connectivity index (χ3n) is 4.56. The van der Waals surface area contributed by atoms with Gasteiger partial charge in [0.05, 0.1) is 11.0 Å². The van der Waals surface area contributed by atoms with Gasteiger partial charge in [0.1, 0.15) is 5.82 Å². The number of aromatic nitrogens is 4. The number of rotatable bonds is 2. The van der Waals surface area contributed by atoms with Gasteiger partial charge in [0.15, 0.2) is 11.3 Å². The topological polar surface area (TPSA) is 43.6 Å². The van der Waals surface area contributed by atoms with Gasteiger partial charge in [-0.05, 0) is 43.3 Å². The normalized spacial score (nSPS) is 11.3. The van der Waals surface area contributed by atoms with Gasteiger partial charge < -0.3 is 0 Å². The van der Waals surface area contributed by atoms with Gasteiger partial charge in [0.2, 0.25) is 0 Å². The first-order valence-electron chi connectivity index (χ1n) is 8.67. The summed E-state index contributed by atoms with van der Waals surface area (Å²) >= 11 is 3.51. The van der Waals surface area contributed by atoms with E-state index in [9.17, 15) is 0 Å². The van der Waals surface area contributed by atoms with Crippen LogP contribution in [-0.2, 0) is 0 Å². The predicted molar refractivity (Wildman–Crippen MR) is 112 cm³/mol. The standard InChI is InChI=1S/C22H15BrN4/c1-14-6-8-15(9-7-14)21-26-20-22(25-19-5-3-2-4-18(19)24-20)27(21)17-12-10-16(23)11-13-17/h2-13H,1H3. The number of hydrogen-bond donors (Lipinski definition) is 0. The molecule has 130 valence electrons. The summed E-state index contributed by atoms with van der Waals surface area (Å²) in [5, 5.41) is 0. The van der Waals surface area contributed by atoms with Crippen LogP contribution in [0.15, 0.2) is 77.3 Å². The zero-order chi connectivity index (χ0) is 18.4. The van der Waals surface area contributed by atoms with Crippen LogP contribution in [-0.4, -0.2) is 19.5 Å². The van der Waals surface area contributed by atoms with E-state index in [0.717, 1.165) is 38.2 Å². The van der Waals surface area contributed by atoms with Crippen LogP contribution in [0.5, 0.6) is 0 Å². The van der Waals surface area contributed by atoms with E-state index in [0.29, 0.717) is 5.65 Å². The third-order valence-corrected chi connectivity index (χ3v) is 5.09. The van der Waals surface area contributed by atoms with Gasteiger partial charge in [0, 0.05) is 15.7 Å². The van der Waals surface area contributed by atoms with Gasteiger partial charge in [-0.1, -0.05) is 57.9 Å². The van der Waals surface area contributed by atoms with Gasteiger partial charge in [-0.3, -0.25) is 4.57 Å². The van der Waals surface area contributed by atoms with Gasteiger partial charge in [-0.25, -0.2) is 15.0 Å². The molecule has 2 heterocycles. The van der Waals surface area contributed by atoms with E-state index < -0.39 is 0 Å². The summed E-state index contributed by atoms with van der Waals surface area (Å²) in [6.45, 7) is 2.08. The molecule has 5 rings (SSSR count). The maximum absolute atomic E-state index is 4.87. The van der Waals surface area contributed by atoms with Crippen LogP contribution in [0.1, 0.15) is 5.56 Å². The Morgan fingerprint density at radius 1 is 0.741 bits per heavy atom. The predicted octanol–water partition coefficient (Wildman–Crippen LogP) is 5.71. The molecule has 0 saturated heterocycles. The van der Waals surface area contributed by atoms with Crippen molar-refractivity contribution in [3.05, 3.63) is 82.8 Å². The Morgan fingerprint density at radius 3 is 2.11 bits per heavy atom. The highest BCUT2D eigenvalue weighted by atomic mass is 79.9. The summed E-state index contributed by atoms with van der Waals surface area (Å²) < 4.78 is 3.11. The average Bonchev–Trinajstić information content (AvgIpc) is 3.05. The second-order valence-corrected chi connectivity index (χ2v) is 7.39. The minimum atomic E-state index is 0.646. The maximum atomic E-state index is 4.87. The highest BCUT2D eigenvalue weighted by molar-refractivity contribution is 9.10. The lowest BCUT2D eigenvalue weighted by Gasteiger charge is -2.09. The number of hydrogen-bond acceptors (Lipinski definition) is 3. The molecular formula is C22H15BrN4. The molecule has 0 spiro atoms. The van der Waals surface area contributed by atoms with Crippen molar-refractivity contribution in [2.45, 2.75) is 6.92 Å². The highest BCUT2D eigenvalue weighted by Gasteiger charge is 2.17. The zero-order valence-corrected chi connectivity index (χ0v) is 16.2. The number of halogens is 1. The van der Waals surface area contributed by atoms with Crippen molar-refractivity contribution in [1.82, 2.24) is 19.5 Å². The Bertz CT molecular complexity index is 1270. The molecule has 5 aromatic rings. The molecule has 0 fully saturated rings. The van der Waals surface area contributed by atoms with Gasteiger partial charge in [-0.15, -0.1) is 0 Å². The number of para-hydroxylation sites is 2. The molecule has 0 atom stereocenters. The number of fused-ring (bicyclic) bond motifs is 2. The molecule has 0 aliphatic carbocycles. The molecule has 0 bridgehead atoms. The Labute approximate surface area is 164 Å². The lowest BCUT2D eigenvalue weighted by molar-refractivity contribution is 1.08. The highest BCUT2D eigenvalue weighted by Crippen LogP contribution is 2.29. The zero-order valence-electron chi connectivity index (χ0n) is 14.6. The van der Waals surface area contributed by atoms with E-state index in [1.165, 1.54) is 5.56 Å². The summed E-state index contributed by atoms with van der Waals surface area (Å²) in [4.78, 5) is 14.4. The second-order valence-electron chi connectivity index (χ2n) is 6.47. The fourth-order valence-corrected chi connectivity index (χ4v) is 3.45. The summed E-state index contributed by atoms with van der Waals surface area (Å²) in [5.41, 5.74) is 6.36. The number of nitrogens with zero attached hydrogens (tertiary/aromatic N) is 4. The molecule has 27 heavy (non-hydrogen) atoms. The van der Waals surface area contributed by atoms with Crippen molar-refractivity contribution in [3.63, 3.8) is 0 Å². The lowest BCUT2D eigenvalue weighted by Crippen LogP contribution is -1.99. The molecule has 0 aliphatic rings. The molecular weight excluding hydrogens is 400 g/mol. The van der Waals surface area contributed by atoms with Gasteiger partial charge in [-0.2, -0.15) is 0 Å². The van der Waals surface area contributed by atoms with Gasteiger partial charge >= 0.3 is 0 Å². The molecule has 5 heteroatoms. The first kappa shape index (κ1) is 16.1. The molecule has 2 aromatic heterocycles. The quantitative estimate of drug-likeness (QED) is 0.371. The molecule has 0 radical (unpaired) electrons. The Hall–Kier alpha value is -3.05. The number of imidazole rings is 1. The van der Waals surface area contributed by atoms with Gasteiger partial charge in [0.25, 0.3) is 0 Å². The van der Waals surface area contributed by atoms with Crippen LogP contribution in [0.4, 0.5) is 0 Å². The van der Waals surface area contributed by atoms with Crippen molar-refractivity contribution < 1.29 is 0 Å². The molecule has 0 unspecified atom stereocenters. The fourth-order valence-electron chi connectivity index (χ4n) is 3.19. The second kappa shape index (κ2) is 6.28. The van der Waals surface area contributed by atoms with Crippen LogP contribution < -0.4 is 0 Å². The van der Waals surface area contributed by atoms with Crippen LogP contribution in [0.3, 0.4) is 0 Å². The first-order chi connectivity index (χ1) is 13.2. The molecule has 0 N–H and O–H groups in total. The average molecular weight is 415 g/mol. The molecule has 0 amide bonds. The Kier molecular flexibility index (Phi) is 3.76. The monoisotopic (exact) mass is 414 g/mol. The van der Waals surface area contributed by atoms with E-state index in [4.69, 9.17) is 15.0 Å².